The molecule has 2 rings (SSSR count). The van der Waals surface area contributed by atoms with E-state index in [1.807, 2.05) is 6.92 Å². The molecule has 114 valence electrons. The van der Waals surface area contributed by atoms with Crippen molar-refractivity contribution >= 4 is 17.5 Å². The van der Waals surface area contributed by atoms with E-state index in [4.69, 9.17) is 0 Å². The summed E-state index contributed by atoms with van der Waals surface area (Å²) in [4.78, 5) is 27.4. The molecule has 1 aliphatic heterocycles. The predicted octanol–water partition coefficient (Wildman–Crippen LogP) is 1.51. The second-order valence-electron chi connectivity index (χ2n) is 5.68. The highest BCUT2D eigenvalue weighted by atomic mass is 16.3. The fraction of sp³-hybridized carbons (Fsp3) is 0.500. The molecule has 0 spiro atoms. The normalized spacial score (nSPS) is 22.0. The third kappa shape index (κ3) is 3.24. The lowest BCUT2D eigenvalue weighted by Crippen LogP contribution is -2.46. The quantitative estimate of drug-likeness (QED) is 0.898. The Hall–Kier alpha value is -1.88. The molecule has 0 aromatic heterocycles. The number of hydrogen-bond donors (Lipinski definition) is 1. The second-order valence-corrected chi connectivity index (χ2v) is 5.68. The van der Waals surface area contributed by atoms with E-state index in [-0.39, 0.29) is 17.7 Å². The van der Waals surface area contributed by atoms with Gasteiger partial charge in [-0.05, 0) is 24.5 Å². The number of para-hydroxylation sites is 1. The molecule has 2 unspecified atom stereocenters. The summed E-state index contributed by atoms with van der Waals surface area (Å²) in [6.45, 7) is 4.44. The number of benzene rings is 1. The SMILES string of the molecule is CC(=O)N(C)c1ccccc1C(=O)N1CCC(C)C(O)C1. The van der Waals surface area contributed by atoms with Crippen molar-refractivity contribution < 1.29 is 14.7 Å². The van der Waals surface area contributed by atoms with Crippen molar-refractivity contribution in [3.8, 4) is 0 Å². The monoisotopic (exact) mass is 290 g/mol. The van der Waals surface area contributed by atoms with Gasteiger partial charge in [-0.3, -0.25) is 9.59 Å². The number of carbonyl (C=O) groups excluding carboxylic acids is 2. The van der Waals surface area contributed by atoms with E-state index in [0.717, 1.165) is 6.42 Å². The van der Waals surface area contributed by atoms with Gasteiger partial charge in [-0.25, -0.2) is 0 Å². The van der Waals surface area contributed by atoms with Crippen molar-refractivity contribution in [1.29, 1.82) is 0 Å². The summed E-state index contributed by atoms with van der Waals surface area (Å²) in [6.07, 6.45) is 0.304. The summed E-state index contributed by atoms with van der Waals surface area (Å²) in [6, 6.07) is 7.07. The minimum atomic E-state index is -0.486. The number of piperidine rings is 1. The number of β-amino-alcohol motifs (C(OH)–C–C–N with tert-alkyl or cyclic N) is 1. The van der Waals surface area contributed by atoms with Crippen LogP contribution in [0.15, 0.2) is 24.3 Å². The Morgan fingerprint density at radius 2 is 2.00 bits per heavy atom. The van der Waals surface area contributed by atoms with Gasteiger partial charge < -0.3 is 14.9 Å². The lowest BCUT2D eigenvalue weighted by Gasteiger charge is -2.35. The maximum Gasteiger partial charge on any atom is 0.256 e. The largest absolute Gasteiger partial charge is 0.391 e. The van der Waals surface area contributed by atoms with Crippen LogP contribution in [0.3, 0.4) is 0 Å². The number of hydrogen-bond acceptors (Lipinski definition) is 3. The van der Waals surface area contributed by atoms with Crippen molar-refractivity contribution in [2.24, 2.45) is 5.92 Å². The van der Waals surface area contributed by atoms with Crippen LogP contribution in [0.25, 0.3) is 0 Å². The molecule has 1 saturated heterocycles. The first-order valence-electron chi connectivity index (χ1n) is 7.22. The molecule has 1 aromatic rings. The molecule has 1 aromatic carbocycles. The molecular weight excluding hydrogens is 268 g/mol. The van der Waals surface area contributed by atoms with Crippen LogP contribution in [0.1, 0.15) is 30.6 Å². The highest BCUT2D eigenvalue weighted by molar-refractivity contribution is 6.04. The van der Waals surface area contributed by atoms with Gasteiger partial charge in [-0.1, -0.05) is 19.1 Å². The summed E-state index contributed by atoms with van der Waals surface area (Å²) in [5, 5.41) is 9.95. The van der Waals surface area contributed by atoms with Crippen molar-refractivity contribution in [3.63, 3.8) is 0 Å². The van der Waals surface area contributed by atoms with Gasteiger partial charge in [0.05, 0.1) is 17.4 Å². The first kappa shape index (κ1) is 15.5. The van der Waals surface area contributed by atoms with Crippen molar-refractivity contribution in [1.82, 2.24) is 4.90 Å². The van der Waals surface area contributed by atoms with Gasteiger partial charge in [0.15, 0.2) is 0 Å². The van der Waals surface area contributed by atoms with E-state index < -0.39 is 6.10 Å². The van der Waals surface area contributed by atoms with E-state index in [9.17, 15) is 14.7 Å². The average Bonchev–Trinajstić information content (AvgIpc) is 2.48. The van der Waals surface area contributed by atoms with Gasteiger partial charge in [0.25, 0.3) is 5.91 Å². The van der Waals surface area contributed by atoms with Crippen molar-refractivity contribution in [3.05, 3.63) is 29.8 Å². The van der Waals surface area contributed by atoms with Crippen LogP contribution >= 0.6 is 0 Å². The van der Waals surface area contributed by atoms with Crippen LogP contribution in [0, 0.1) is 5.92 Å². The Balaban J connectivity index is 2.26. The third-order valence-electron chi connectivity index (χ3n) is 4.17. The van der Waals surface area contributed by atoms with Crippen LogP contribution < -0.4 is 4.90 Å². The zero-order valence-corrected chi connectivity index (χ0v) is 12.7. The lowest BCUT2D eigenvalue weighted by atomic mass is 9.95. The van der Waals surface area contributed by atoms with Crippen LogP contribution in [-0.4, -0.2) is 48.1 Å². The molecular formula is C16H22N2O3. The number of likely N-dealkylation sites (tertiary alicyclic amines) is 1. The van der Waals surface area contributed by atoms with Gasteiger partial charge >= 0.3 is 0 Å². The molecule has 2 atom stereocenters. The average molecular weight is 290 g/mol. The zero-order valence-electron chi connectivity index (χ0n) is 12.7. The van der Waals surface area contributed by atoms with Gasteiger partial charge in [0, 0.05) is 27.1 Å². The first-order valence-corrected chi connectivity index (χ1v) is 7.22. The number of anilines is 1. The number of nitrogens with zero attached hydrogens (tertiary/aromatic N) is 2. The van der Waals surface area contributed by atoms with Crippen molar-refractivity contribution in [2.45, 2.75) is 26.4 Å². The maximum atomic E-state index is 12.7. The third-order valence-corrected chi connectivity index (χ3v) is 4.17. The first-order chi connectivity index (χ1) is 9.91. The molecule has 0 aliphatic carbocycles. The topological polar surface area (TPSA) is 60.9 Å². The molecule has 1 aliphatic rings. The van der Waals surface area contributed by atoms with Crippen LogP contribution in [0.4, 0.5) is 5.69 Å². The van der Waals surface area contributed by atoms with Gasteiger partial charge in [-0.2, -0.15) is 0 Å². The lowest BCUT2D eigenvalue weighted by molar-refractivity contribution is -0.116. The van der Waals surface area contributed by atoms with E-state index in [0.29, 0.717) is 24.3 Å². The van der Waals surface area contributed by atoms with E-state index in [1.165, 1.54) is 11.8 Å². The van der Waals surface area contributed by atoms with Gasteiger partial charge in [-0.15, -0.1) is 0 Å². The Morgan fingerprint density at radius 3 is 2.62 bits per heavy atom. The molecule has 0 bridgehead atoms. The van der Waals surface area contributed by atoms with Gasteiger partial charge in [0.1, 0.15) is 0 Å². The summed E-state index contributed by atoms with van der Waals surface area (Å²) < 4.78 is 0. The highest BCUT2D eigenvalue weighted by Gasteiger charge is 2.29. The van der Waals surface area contributed by atoms with E-state index in [2.05, 4.69) is 0 Å². The molecule has 1 fully saturated rings. The van der Waals surface area contributed by atoms with Crippen LogP contribution in [0.5, 0.6) is 0 Å². The Kier molecular flexibility index (Phi) is 4.63. The molecule has 0 radical (unpaired) electrons. The highest BCUT2D eigenvalue weighted by Crippen LogP contribution is 2.24. The van der Waals surface area contributed by atoms with E-state index in [1.54, 1.807) is 36.2 Å². The Labute approximate surface area is 125 Å². The van der Waals surface area contributed by atoms with Crippen LogP contribution in [0.2, 0.25) is 0 Å². The smallest absolute Gasteiger partial charge is 0.256 e. The number of amides is 2. The number of aliphatic hydroxyl groups is 1. The molecule has 0 saturated carbocycles. The second kappa shape index (κ2) is 6.26. The Bertz CT molecular complexity index is 544. The summed E-state index contributed by atoms with van der Waals surface area (Å²) >= 11 is 0. The summed E-state index contributed by atoms with van der Waals surface area (Å²) in [7, 11) is 1.65. The maximum absolute atomic E-state index is 12.7. The minimum absolute atomic E-state index is 0.123. The predicted molar refractivity (Wildman–Crippen MR) is 81.2 cm³/mol. The molecule has 2 amide bonds. The molecule has 1 N–H and O–H groups in total. The number of carbonyl (C=O) groups is 2. The summed E-state index contributed by atoms with van der Waals surface area (Å²) in [5.41, 5.74) is 1.10. The minimum Gasteiger partial charge on any atom is -0.391 e. The molecule has 1 heterocycles. The van der Waals surface area contributed by atoms with Crippen molar-refractivity contribution in [2.75, 3.05) is 25.0 Å². The fourth-order valence-electron chi connectivity index (χ4n) is 2.52. The fourth-order valence-corrected chi connectivity index (χ4v) is 2.52. The number of aliphatic hydroxyl groups excluding tert-OH is 1. The molecule has 5 heteroatoms. The van der Waals surface area contributed by atoms with Crippen LogP contribution in [-0.2, 0) is 4.79 Å². The summed E-state index contributed by atoms with van der Waals surface area (Å²) in [5.74, 6) is -0.0450. The Morgan fingerprint density at radius 1 is 1.33 bits per heavy atom. The van der Waals surface area contributed by atoms with Gasteiger partial charge in [0.2, 0.25) is 5.91 Å². The molecule has 5 nitrogen and oxygen atoms in total. The molecule has 21 heavy (non-hydrogen) atoms. The van der Waals surface area contributed by atoms with E-state index >= 15 is 0 Å². The number of rotatable bonds is 2. The standard InChI is InChI=1S/C16H22N2O3/c1-11-8-9-18(10-15(11)20)16(21)13-6-4-5-7-14(13)17(3)12(2)19/h4-7,11,15,20H,8-10H2,1-3H3. The zero-order chi connectivity index (χ0) is 15.6.